The zero-order chi connectivity index (χ0) is 14.8. The van der Waals surface area contributed by atoms with Crippen LogP contribution >= 0.6 is 0 Å². The van der Waals surface area contributed by atoms with Gasteiger partial charge in [0.05, 0.1) is 0 Å². The van der Waals surface area contributed by atoms with Gasteiger partial charge in [0.2, 0.25) is 0 Å². The lowest BCUT2D eigenvalue weighted by atomic mass is 9.84. The minimum atomic E-state index is -1.63. The molecule has 2 atom stereocenters. The van der Waals surface area contributed by atoms with Crippen LogP contribution in [-0.4, -0.2) is 36.9 Å². The van der Waals surface area contributed by atoms with Gasteiger partial charge in [-0.1, -0.05) is 12.1 Å². The first-order chi connectivity index (χ1) is 10.1. The smallest absolute Gasteiger partial charge is 0.397 e. The minimum Gasteiger partial charge on any atom is -0.425 e. The molecule has 1 saturated heterocycles. The Hall–Kier alpha value is -1.62. The van der Waals surface area contributed by atoms with Crippen molar-refractivity contribution in [2.45, 2.75) is 38.3 Å². The monoisotopic (exact) mass is 295 g/mol. The molecule has 2 heterocycles. The third-order valence-electron chi connectivity index (χ3n) is 4.48. The average molecular weight is 295 g/mol. The lowest BCUT2D eigenvalue weighted by Gasteiger charge is -2.28. The number of hydrogen-bond donors (Lipinski definition) is 0. The molecule has 0 N–H and O–H groups in total. The number of ketones is 1. The van der Waals surface area contributed by atoms with E-state index in [-0.39, 0.29) is 1.43 Å². The predicted octanol–water partition coefficient (Wildman–Crippen LogP) is 3.02. The normalized spacial score (nSPS) is 28.0. The first kappa shape index (κ1) is 14.3. The summed E-state index contributed by atoms with van der Waals surface area (Å²) in [5, 5.41) is 0. The largest absolute Gasteiger partial charge is 0.425 e. The van der Waals surface area contributed by atoms with Crippen molar-refractivity contribution in [3.63, 3.8) is 0 Å². The molecule has 1 saturated carbocycles. The number of fused-ring (bicyclic) bond motifs is 2. The van der Waals surface area contributed by atoms with Crippen molar-refractivity contribution >= 4 is 5.78 Å². The number of carbonyl (C=O) groups excluding carboxylic acids is 1. The summed E-state index contributed by atoms with van der Waals surface area (Å²) >= 11 is 0. The fourth-order valence-corrected chi connectivity index (χ4v) is 3.30. The SMILES string of the molecule is CN1CCC2CCC(=O)CC21.FC1Oc2ccccc2O1.[HH]. The predicted molar refractivity (Wildman–Crippen MR) is 78.1 cm³/mol. The number of Topliss-reactive ketones (excluding diaryl/α,β-unsaturated/α-hetero) is 1. The molecule has 116 valence electrons. The number of rotatable bonds is 0. The Bertz CT molecular complexity index is 503. The highest BCUT2D eigenvalue weighted by Crippen LogP contribution is 2.34. The molecule has 3 aliphatic rings. The number of nitrogens with zero attached hydrogens (tertiary/aromatic N) is 1. The van der Waals surface area contributed by atoms with Gasteiger partial charge in [-0.2, -0.15) is 4.39 Å². The van der Waals surface area contributed by atoms with Crippen molar-refractivity contribution in [1.29, 1.82) is 0 Å². The van der Waals surface area contributed by atoms with Gasteiger partial charge in [0, 0.05) is 20.3 Å². The van der Waals surface area contributed by atoms with Gasteiger partial charge in [-0.25, -0.2) is 0 Å². The fourth-order valence-electron chi connectivity index (χ4n) is 3.30. The van der Waals surface area contributed by atoms with E-state index in [0.29, 0.717) is 23.3 Å². The second-order valence-corrected chi connectivity index (χ2v) is 5.84. The Morgan fingerprint density at radius 2 is 1.90 bits per heavy atom. The molecule has 2 unspecified atom stereocenters. The molecule has 4 rings (SSSR count). The molecule has 0 aromatic heterocycles. The highest BCUT2D eigenvalue weighted by atomic mass is 19.2. The standard InChI is InChI=1S/C9H15NO.C7H5FO2.H2/c1-10-5-4-7-2-3-8(11)6-9(7)10;8-7-9-5-3-1-2-4-6(5)10-7;/h7,9H,2-6H2,1H3;1-4,7H;1H. The lowest BCUT2D eigenvalue weighted by molar-refractivity contribution is -0.122. The molecule has 1 aromatic rings. The number of hydrogen-bond acceptors (Lipinski definition) is 4. The fraction of sp³-hybridized carbons (Fsp3) is 0.562. The summed E-state index contributed by atoms with van der Waals surface area (Å²) in [5.41, 5.74) is 0. The summed E-state index contributed by atoms with van der Waals surface area (Å²) in [5.74, 6) is 2.24. The maximum atomic E-state index is 12.3. The number of alkyl halides is 1. The molecule has 2 aliphatic heterocycles. The van der Waals surface area contributed by atoms with E-state index < -0.39 is 6.54 Å². The van der Waals surface area contributed by atoms with E-state index in [9.17, 15) is 9.18 Å². The zero-order valence-corrected chi connectivity index (χ0v) is 12.1. The first-order valence-corrected chi connectivity index (χ1v) is 7.42. The third-order valence-corrected chi connectivity index (χ3v) is 4.48. The number of para-hydroxylation sites is 2. The van der Waals surface area contributed by atoms with Crippen molar-refractivity contribution in [3.05, 3.63) is 24.3 Å². The number of halogens is 1. The van der Waals surface area contributed by atoms with Crippen LogP contribution in [0.15, 0.2) is 24.3 Å². The van der Waals surface area contributed by atoms with E-state index in [2.05, 4.69) is 21.4 Å². The maximum absolute atomic E-state index is 12.3. The molecule has 5 heteroatoms. The van der Waals surface area contributed by atoms with Gasteiger partial charge >= 0.3 is 6.54 Å². The Morgan fingerprint density at radius 3 is 2.57 bits per heavy atom. The van der Waals surface area contributed by atoms with Gasteiger partial charge in [-0.3, -0.25) is 4.79 Å². The van der Waals surface area contributed by atoms with Crippen molar-refractivity contribution in [1.82, 2.24) is 4.90 Å². The van der Waals surface area contributed by atoms with Crippen LogP contribution in [0.4, 0.5) is 4.39 Å². The van der Waals surface area contributed by atoms with Crippen molar-refractivity contribution in [2.75, 3.05) is 13.6 Å². The number of ether oxygens (including phenoxy) is 2. The van der Waals surface area contributed by atoms with Crippen molar-refractivity contribution in [2.24, 2.45) is 5.92 Å². The van der Waals surface area contributed by atoms with Crippen LogP contribution in [-0.2, 0) is 4.79 Å². The van der Waals surface area contributed by atoms with Crippen molar-refractivity contribution in [3.8, 4) is 11.5 Å². The molecule has 0 bridgehead atoms. The van der Waals surface area contributed by atoms with Crippen LogP contribution in [0.5, 0.6) is 11.5 Å². The van der Waals surface area contributed by atoms with Crippen LogP contribution in [0.1, 0.15) is 27.1 Å². The molecule has 2 fully saturated rings. The number of benzene rings is 1. The maximum Gasteiger partial charge on any atom is 0.397 e. The summed E-state index contributed by atoms with van der Waals surface area (Å²) in [6.07, 6.45) is 4.12. The first-order valence-electron chi connectivity index (χ1n) is 7.42. The molecular weight excluding hydrogens is 273 g/mol. The van der Waals surface area contributed by atoms with Gasteiger partial charge in [-0.05, 0) is 44.5 Å². The number of likely N-dealkylation sites (tertiary alicyclic amines) is 1. The van der Waals surface area contributed by atoms with Gasteiger partial charge < -0.3 is 14.4 Å². The second kappa shape index (κ2) is 6.02. The van der Waals surface area contributed by atoms with Gasteiger partial charge in [-0.15, -0.1) is 0 Å². The van der Waals surface area contributed by atoms with E-state index in [1.807, 2.05) is 0 Å². The summed E-state index contributed by atoms with van der Waals surface area (Å²) in [6.45, 7) is -0.430. The molecule has 1 aromatic carbocycles. The van der Waals surface area contributed by atoms with E-state index in [1.165, 1.54) is 13.0 Å². The average Bonchev–Trinajstić information content (AvgIpc) is 3.02. The molecule has 0 spiro atoms. The number of carbonyl (C=O) groups is 1. The quantitative estimate of drug-likeness (QED) is 0.737. The highest BCUT2D eigenvalue weighted by Gasteiger charge is 2.36. The molecule has 0 amide bonds. The van der Waals surface area contributed by atoms with Crippen LogP contribution in [0.3, 0.4) is 0 Å². The Labute approximate surface area is 125 Å². The van der Waals surface area contributed by atoms with Crippen LogP contribution in [0, 0.1) is 5.92 Å². The van der Waals surface area contributed by atoms with Crippen LogP contribution in [0.25, 0.3) is 0 Å². The van der Waals surface area contributed by atoms with Crippen LogP contribution < -0.4 is 9.47 Å². The lowest BCUT2D eigenvalue weighted by Crippen LogP contribution is -2.35. The second-order valence-electron chi connectivity index (χ2n) is 5.84. The molecule has 4 nitrogen and oxygen atoms in total. The van der Waals surface area contributed by atoms with E-state index in [1.54, 1.807) is 24.3 Å². The summed E-state index contributed by atoms with van der Waals surface area (Å²) in [6, 6.07) is 7.45. The zero-order valence-electron chi connectivity index (χ0n) is 12.1. The van der Waals surface area contributed by atoms with Gasteiger partial charge in [0.25, 0.3) is 0 Å². The van der Waals surface area contributed by atoms with Gasteiger partial charge in [0.15, 0.2) is 11.5 Å². The molecule has 21 heavy (non-hydrogen) atoms. The third kappa shape index (κ3) is 3.18. The molecular formula is C16H22FNO3. The van der Waals surface area contributed by atoms with E-state index in [4.69, 9.17) is 0 Å². The minimum absolute atomic E-state index is 0. The molecule has 0 radical (unpaired) electrons. The Kier molecular flexibility index (Phi) is 4.10. The highest BCUT2D eigenvalue weighted by molar-refractivity contribution is 5.80. The Balaban J connectivity index is 0.000000154. The molecule has 1 aliphatic carbocycles. The summed E-state index contributed by atoms with van der Waals surface area (Å²) < 4.78 is 21.5. The van der Waals surface area contributed by atoms with Gasteiger partial charge in [0.1, 0.15) is 5.78 Å². The van der Waals surface area contributed by atoms with E-state index >= 15 is 0 Å². The summed E-state index contributed by atoms with van der Waals surface area (Å²) in [7, 11) is 2.14. The van der Waals surface area contributed by atoms with E-state index in [0.717, 1.165) is 25.2 Å². The van der Waals surface area contributed by atoms with Crippen molar-refractivity contribution < 1.29 is 20.1 Å². The summed E-state index contributed by atoms with van der Waals surface area (Å²) in [4.78, 5) is 13.5. The Morgan fingerprint density at radius 1 is 1.24 bits per heavy atom. The van der Waals surface area contributed by atoms with Crippen LogP contribution in [0.2, 0.25) is 0 Å². The topological polar surface area (TPSA) is 38.8 Å².